The molecule has 0 aliphatic carbocycles. The molecular weight excluding hydrogens is 254 g/mol. The number of nitrogens with zero attached hydrogens (tertiary/aromatic N) is 1. The van der Waals surface area contributed by atoms with E-state index in [1.165, 1.54) is 11.1 Å². The molecule has 0 saturated heterocycles. The Hall–Kier alpha value is -1.55. The summed E-state index contributed by atoms with van der Waals surface area (Å²) in [4.78, 5) is 13.8. The van der Waals surface area contributed by atoms with Crippen molar-refractivity contribution in [2.75, 3.05) is 27.3 Å². The van der Waals surface area contributed by atoms with Gasteiger partial charge in [0.1, 0.15) is 5.78 Å². The number of ether oxygens (including phenoxy) is 2. The van der Waals surface area contributed by atoms with E-state index in [2.05, 4.69) is 17.0 Å². The summed E-state index contributed by atoms with van der Waals surface area (Å²) in [6.45, 7) is 4.65. The van der Waals surface area contributed by atoms with Crippen LogP contribution in [0.25, 0.3) is 0 Å². The van der Waals surface area contributed by atoms with Crippen LogP contribution in [0.4, 0.5) is 0 Å². The Morgan fingerprint density at radius 2 is 1.85 bits per heavy atom. The molecule has 0 unspecified atom stereocenters. The zero-order chi connectivity index (χ0) is 14.5. The predicted octanol–water partition coefficient (Wildman–Crippen LogP) is 2.43. The van der Waals surface area contributed by atoms with Gasteiger partial charge < -0.3 is 9.47 Å². The first-order chi connectivity index (χ1) is 9.67. The molecule has 0 amide bonds. The summed E-state index contributed by atoms with van der Waals surface area (Å²) < 4.78 is 10.7. The number of carbonyl (C=O) groups is 1. The lowest BCUT2D eigenvalue weighted by atomic mass is 9.98. The quantitative estimate of drug-likeness (QED) is 0.800. The molecule has 4 nitrogen and oxygen atoms in total. The van der Waals surface area contributed by atoms with E-state index < -0.39 is 0 Å². The van der Waals surface area contributed by atoms with E-state index in [0.717, 1.165) is 37.6 Å². The van der Waals surface area contributed by atoms with Crippen molar-refractivity contribution in [2.45, 2.75) is 32.7 Å². The lowest BCUT2D eigenvalue weighted by Gasteiger charge is -2.29. The molecule has 0 saturated carbocycles. The molecule has 0 spiro atoms. The van der Waals surface area contributed by atoms with Crippen LogP contribution in [-0.2, 0) is 17.8 Å². The number of rotatable bonds is 6. The maximum atomic E-state index is 11.4. The van der Waals surface area contributed by atoms with Gasteiger partial charge in [0.2, 0.25) is 0 Å². The minimum absolute atomic E-state index is 0.336. The van der Waals surface area contributed by atoms with E-state index in [-0.39, 0.29) is 0 Å². The fourth-order valence-corrected chi connectivity index (χ4v) is 2.59. The van der Waals surface area contributed by atoms with E-state index in [1.807, 2.05) is 6.92 Å². The average molecular weight is 277 g/mol. The van der Waals surface area contributed by atoms with Crippen LogP contribution in [0.5, 0.6) is 11.5 Å². The highest BCUT2D eigenvalue weighted by molar-refractivity contribution is 5.78. The Bertz CT molecular complexity index is 485. The molecule has 1 aromatic rings. The van der Waals surface area contributed by atoms with Gasteiger partial charge in [-0.25, -0.2) is 0 Å². The van der Waals surface area contributed by atoms with Crippen LogP contribution < -0.4 is 9.47 Å². The van der Waals surface area contributed by atoms with Crippen LogP contribution in [0, 0.1) is 0 Å². The highest BCUT2D eigenvalue weighted by Gasteiger charge is 2.19. The fourth-order valence-electron chi connectivity index (χ4n) is 2.59. The minimum atomic E-state index is 0.336. The second kappa shape index (κ2) is 6.75. The third-order valence-corrected chi connectivity index (χ3v) is 3.90. The van der Waals surface area contributed by atoms with E-state index in [9.17, 15) is 4.79 Å². The van der Waals surface area contributed by atoms with Crippen molar-refractivity contribution in [1.29, 1.82) is 0 Å². The zero-order valence-corrected chi connectivity index (χ0v) is 12.6. The lowest BCUT2D eigenvalue weighted by Crippen LogP contribution is -2.32. The van der Waals surface area contributed by atoms with Gasteiger partial charge in [-0.3, -0.25) is 9.69 Å². The third-order valence-electron chi connectivity index (χ3n) is 3.90. The van der Waals surface area contributed by atoms with Crippen molar-refractivity contribution in [2.24, 2.45) is 0 Å². The Kier molecular flexibility index (Phi) is 5.01. The molecule has 0 atom stereocenters. The molecule has 0 bridgehead atoms. The third kappa shape index (κ3) is 3.31. The van der Waals surface area contributed by atoms with E-state index in [0.29, 0.717) is 18.6 Å². The molecule has 4 heteroatoms. The number of Topliss-reactive ketones (excluding diaryl/α,β-unsaturated/α-hetero) is 1. The summed E-state index contributed by atoms with van der Waals surface area (Å²) in [6.07, 6.45) is 2.28. The topological polar surface area (TPSA) is 38.8 Å². The first kappa shape index (κ1) is 14.9. The van der Waals surface area contributed by atoms with Gasteiger partial charge in [-0.05, 0) is 29.7 Å². The van der Waals surface area contributed by atoms with E-state index in [1.54, 1.807) is 14.2 Å². The Morgan fingerprint density at radius 3 is 2.45 bits per heavy atom. The van der Waals surface area contributed by atoms with E-state index >= 15 is 0 Å². The SMILES string of the molecule is CCC(=O)CCN1CCc2cc(OC)c(OC)cc2C1. The number of hydrogen-bond donors (Lipinski definition) is 0. The second-order valence-corrected chi connectivity index (χ2v) is 5.14. The molecular formula is C16H23NO3. The van der Waals surface area contributed by atoms with Crippen LogP contribution >= 0.6 is 0 Å². The Labute approximate surface area is 120 Å². The summed E-state index contributed by atoms with van der Waals surface area (Å²) in [5.74, 6) is 1.90. The molecule has 1 heterocycles. The summed E-state index contributed by atoms with van der Waals surface area (Å²) >= 11 is 0. The number of hydrogen-bond acceptors (Lipinski definition) is 4. The van der Waals surface area contributed by atoms with Crippen molar-refractivity contribution in [3.63, 3.8) is 0 Å². The number of carbonyl (C=O) groups excluding carboxylic acids is 1. The summed E-state index contributed by atoms with van der Waals surface area (Å²) in [5.41, 5.74) is 2.60. The van der Waals surface area contributed by atoms with Crippen LogP contribution in [0.1, 0.15) is 30.9 Å². The van der Waals surface area contributed by atoms with Gasteiger partial charge in [-0.1, -0.05) is 6.92 Å². The van der Waals surface area contributed by atoms with Gasteiger partial charge in [0.25, 0.3) is 0 Å². The molecule has 0 fully saturated rings. The van der Waals surface area contributed by atoms with Gasteiger partial charge in [-0.2, -0.15) is 0 Å². The maximum Gasteiger partial charge on any atom is 0.161 e. The number of ketones is 1. The Morgan fingerprint density at radius 1 is 1.20 bits per heavy atom. The highest BCUT2D eigenvalue weighted by atomic mass is 16.5. The van der Waals surface area contributed by atoms with Gasteiger partial charge in [0.15, 0.2) is 11.5 Å². The highest BCUT2D eigenvalue weighted by Crippen LogP contribution is 2.33. The predicted molar refractivity (Wildman–Crippen MR) is 78.4 cm³/mol. The van der Waals surface area contributed by atoms with Crippen molar-refractivity contribution >= 4 is 5.78 Å². The van der Waals surface area contributed by atoms with Crippen LogP contribution in [0.3, 0.4) is 0 Å². The molecule has 1 aromatic carbocycles. The maximum absolute atomic E-state index is 11.4. The summed E-state index contributed by atoms with van der Waals surface area (Å²) in [6, 6.07) is 4.13. The Balaban J connectivity index is 2.07. The van der Waals surface area contributed by atoms with Gasteiger partial charge in [0, 0.05) is 32.5 Å². The minimum Gasteiger partial charge on any atom is -0.493 e. The zero-order valence-electron chi connectivity index (χ0n) is 12.6. The monoisotopic (exact) mass is 277 g/mol. The van der Waals surface area contributed by atoms with Crippen LogP contribution in [-0.4, -0.2) is 38.0 Å². The smallest absolute Gasteiger partial charge is 0.161 e. The first-order valence-electron chi connectivity index (χ1n) is 7.15. The number of fused-ring (bicyclic) bond motifs is 1. The van der Waals surface area contributed by atoms with Crippen molar-refractivity contribution in [1.82, 2.24) is 4.90 Å². The second-order valence-electron chi connectivity index (χ2n) is 5.14. The lowest BCUT2D eigenvalue weighted by molar-refractivity contribution is -0.119. The molecule has 20 heavy (non-hydrogen) atoms. The number of methoxy groups -OCH3 is 2. The van der Waals surface area contributed by atoms with Crippen LogP contribution in [0.2, 0.25) is 0 Å². The molecule has 0 N–H and O–H groups in total. The molecule has 0 aromatic heterocycles. The molecule has 1 aliphatic rings. The average Bonchev–Trinajstić information content (AvgIpc) is 2.50. The summed E-state index contributed by atoms with van der Waals surface area (Å²) in [7, 11) is 3.32. The van der Waals surface area contributed by atoms with Gasteiger partial charge in [0.05, 0.1) is 14.2 Å². The van der Waals surface area contributed by atoms with Gasteiger partial charge >= 0.3 is 0 Å². The van der Waals surface area contributed by atoms with Gasteiger partial charge in [-0.15, -0.1) is 0 Å². The largest absolute Gasteiger partial charge is 0.493 e. The molecule has 1 aliphatic heterocycles. The standard InChI is InChI=1S/C16H23NO3/c1-4-14(18)6-8-17-7-5-12-9-15(19-2)16(20-3)10-13(12)11-17/h9-10H,4-8,11H2,1-3H3. The normalized spacial score (nSPS) is 14.8. The van der Waals surface area contributed by atoms with Crippen molar-refractivity contribution < 1.29 is 14.3 Å². The van der Waals surface area contributed by atoms with E-state index in [4.69, 9.17) is 9.47 Å². The molecule has 0 radical (unpaired) electrons. The first-order valence-corrected chi connectivity index (χ1v) is 7.15. The van der Waals surface area contributed by atoms with Crippen molar-refractivity contribution in [3.05, 3.63) is 23.3 Å². The fraction of sp³-hybridized carbons (Fsp3) is 0.562. The van der Waals surface area contributed by atoms with Crippen LogP contribution in [0.15, 0.2) is 12.1 Å². The van der Waals surface area contributed by atoms with Crippen molar-refractivity contribution in [3.8, 4) is 11.5 Å². The molecule has 2 rings (SSSR count). The summed E-state index contributed by atoms with van der Waals surface area (Å²) in [5, 5.41) is 0. The molecule has 110 valence electrons. The number of benzene rings is 1.